The number of aliphatic hydroxyl groups excluding tert-OH is 1. The van der Waals surface area contributed by atoms with Gasteiger partial charge >= 0.3 is 0 Å². The number of fused-ring (bicyclic) bond motifs is 1. The molecule has 2 saturated heterocycles. The smallest absolute Gasteiger partial charge is 0.229 e. The molecule has 2 aliphatic heterocycles. The first-order chi connectivity index (χ1) is 16.4. The van der Waals surface area contributed by atoms with E-state index in [4.69, 9.17) is 0 Å². The summed E-state index contributed by atoms with van der Waals surface area (Å²) in [5.41, 5.74) is 2.32. The highest BCUT2D eigenvalue weighted by atomic mass is 19.1. The Hall–Kier alpha value is -2.95. The molecule has 0 unspecified atom stereocenters. The highest BCUT2D eigenvalue weighted by molar-refractivity contribution is 5.89. The van der Waals surface area contributed by atoms with Gasteiger partial charge in [-0.2, -0.15) is 0 Å². The van der Waals surface area contributed by atoms with Crippen molar-refractivity contribution in [2.45, 2.75) is 32.2 Å². The topological polar surface area (TPSA) is 93.5 Å². The Morgan fingerprint density at radius 3 is 2.62 bits per heavy atom. The van der Waals surface area contributed by atoms with E-state index in [1.807, 2.05) is 17.2 Å². The fourth-order valence-corrected chi connectivity index (χ4v) is 4.42. The maximum atomic E-state index is 13.9. The lowest BCUT2D eigenvalue weighted by molar-refractivity contribution is 0.148. The number of anilines is 3. The Morgan fingerprint density at radius 2 is 1.94 bits per heavy atom. The average molecular weight is 467 g/mol. The van der Waals surface area contributed by atoms with E-state index in [1.165, 1.54) is 5.56 Å². The molecule has 0 bridgehead atoms. The molecule has 0 radical (unpaired) electrons. The Labute approximate surface area is 198 Å². The number of pyridine rings is 2. The number of aromatic nitrogens is 4. The quantitative estimate of drug-likeness (QED) is 0.568. The molecule has 5 rings (SSSR count). The summed E-state index contributed by atoms with van der Waals surface area (Å²) in [4.78, 5) is 24.9. The first-order valence-electron chi connectivity index (χ1n) is 11.8. The van der Waals surface area contributed by atoms with Crippen molar-refractivity contribution in [2.24, 2.45) is 0 Å². The minimum atomic E-state index is -0.889. The average Bonchev–Trinajstić information content (AvgIpc) is 3.27. The standard InChI is InChI=1S/C24H31FN8O/c1-16(34)20-11-18-13-27-24(30-22(18)23(28-20)33-6-5-19(25)15-33)29-21-4-3-17(12-26-21)14-32-9-7-31(2)8-10-32/h3-4,11-13,16,19,34H,5-10,14-15H2,1-2H3,(H,26,27,29,30)/t16-,19-/m1/s1. The van der Waals surface area contributed by atoms with Gasteiger partial charge in [0.15, 0.2) is 5.82 Å². The third-order valence-corrected chi connectivity index (χ3v) is 6.49. The third-order valence-electron chi connectivity index (χ3n) is 6.49. The molecule has 2 N–H and O–H groups in total. The van der Waals surface area contributed by atoms with E-state index >= 15 is 0 Å². The zero-order valence-electron chi connectivity index (χ0n) is 19.7. The number of rotatable bonds is 6. The summed E-state index contributed by atoms with van der Waals surface area (Å²) in [5.74, 6) is 1.63. The largest absolute Gasteiger partial charge is 0.387 e. The summed E-state index contributed by atoms with van der Waals surface area (Å²) in [5, 5.41) is 14.0. The van der Waals surface area contributed by atoms with Crippen LogP contribution < -0.4 is 10.2 Å². The van der Waals surface area contributed by atoms with Crippen LogP contribution in [0.25, 0.3) is 10.9 Å². The molecule has 0 aromatic carbocycles. The molecule has 2 fully saturated rings. The summed E-state index contributed by atoms with van der Waals surface area (Å²) in [6.45, 7) is 7.69. The van der Waals surface area contributed by atoms with E-state index in [1.54, 1.807) is 19.2 Å². The van der Waals surface area contributed by atoms with Crippen LogP contribution in [0.2, 0.25) is 0 Å². The van der Waals surface area contributed by atoms with E-state index in [0.29, 0.717) is 41.8 Å². The molecule has 3 aromatic rings. The van der Waals surface area contributed by atoms with E-state index in [-0.39, 0.29) is 6.54 Å². The molecule has 0 saturated carbocycles. The van der Waals surface area contributed by atoms with Gasteiger partial charge in [-0.1, -0.05) is 6.07 Å². The molecule has 34 heavy (non-hydrogen) atoms. The maximum absolute atomic E-state index is 13.9. The van der Waals surface area contributed by atoms with Crippen molar-refractivity contribution in [3.8, 4) is 0 Å². The lowest BCUT2D eigenvalue weighted by Crippen LogP contribution is -2.43. The molecular weight excluding hydrogens is 435 g/mol. The minimum Gasteiger partial charge on any atom is -0.387 e. The van der Waals surface area contributed by atoms with Gasteiger partial charge in [-0.3, -0.25) is 4.90 Å². The molecule has 0 aliphatic carbocycles. The van der Waals surface area contributed by atoms with Gasteiger partial charge in [-0.25, -0.2) is 24.3 Å². The van der Waals surface area contributed by atoms with Gasteiger partial charge in [-0.15, -0.1) is 0 Å². The third kappa shape index (κ3) is 5.08. The normalized spacial score (nSPS) is 20.7. The monoisotopic (exact) mass is 466 g/mol. The number of piperazine rings is 1. The predicted octanol–water partition coefficient (Wildman–Crippen LogP) is 2.51. The van der Waals surface area contributed by atoms with Crippen molar-refractivity contribution >= 4 is 28.5 Å². The van der Waals surface area contributed by atoms with Crippen LogP contribution in [0.15, 0.2) is 30.6 Å². The number of halogens is 1. The van der Waals surface area contributed by atoms with Crippen LogP contribution in [0, 0.1) is 0 Å². The molecule has 9 nitrogen and oxygen atoms in total. The van der Waals surface area contributed by atoms with Crippen molar-refractivity contribution in [1.82, 2.24) is 29.7 Å². The number of hydrogen-bond donors (Lipinski definition) is 2. The van der Waals surface area contributed by atoms with Crippen LogP contribution in [0.5, 0.6) is 0 Å². The summed E-state index contributed by atoms with van der Waals surface area (Å²) < 4.78 is 13.9. The van der Waals surface area contributed by atoms with Gasteiger partial charge in [0.1, 0.15) is 17.5 Å². The molecule has 180 valence electrons. The molecule has 0 spiro atoms. The summed E-state index contributed by atoms with van der Waals surface area (Å²) >= 11 is 0. The number of nitrogens with zero attached hydrogens (tertiary/aromatic N) is 7. The molecule has 3 aromatic heterocycles. The van der Waals surface area contributed by atoms with Crippen molar-refractivity contribution in [3.05, 3.63) is 41.9 Å². The van der Waals surface area contributed by atoms with Gasteiger partial charge in [-0.05, 0) is 38.1 Å². The minimum absolute atomic E-state index is 0.272. The van der Waals surface area contributed by atoms with E-state index in [9.17, 15) is 9.50 Å². The number of aliphatic hydroxyl groups is 1. The number of alkyl halides is 1. The maximum Gasteiger partial charge on any atom is 0.229 e. The Morgan fingerprint density at radius 1 is 1.12 bits per heavy atom. The molecule has 2 aliphatic rings. The van der Waals surface area contributed by atoms with Crippen LogP contribution in [0.4, 0.5) is 22.0 Å². The second-order valence-corrected chi connectivity index (χ2v) is 9.27. The molecular formula is C24H31FN8O. The Balaban J connectivity index is 1.35. The van der Waals surface area contributed by atoms with Crippen molar-refractivity contribution in [2.75, 3.05) is 56.5 Å². The first-order valence-corrected chi connectivity index (χ1v) is 11.8. The van der Waals surface area contributed by atoms with Gasteiger partial charge < -0.3 is 20.2 Å². The molecule has 10 heteroatoms. The number of nitrogens with one attached hydrogen (secondary N) is 1. The number of hydrogen-bond acceptors (Lipinski definition) is 9. The first kappa shape index (κ1) is 22.8. The van der Waals surface area contributed by atoms with E-state index in [2.05, 4.69) is 48.2 Å². The van der Waals surface area contributed by atoms with Crippen LogP contribution in [0.1, 0.15) is 30.7 Å². The van der Waals surface area contributed by atoms with Crippen LogP contribution in [-0.2, 0) is 6.54 Å². The second-order valence-electron chi connectivity index (χ2n) is 9.27. The summed E-state index contributed by atoms with van der Waals surface area (Å²) in [6, 6.07) is 5.78. The van der Waals surface area contributed by atoms with Crippen LogP contribution >= 0.6 is 0 Å². The SMILES string of the molecule is C[C@@H](O)c1cc2cnc(Nc3ccc(CN4CCN(C)CC4)cn3)nc2c(N2CC[C@@H](F)C2)n1. The second kappa shape index (κ2) is 9.73. The predicted molar refractivity (Wildman–Crippen MR) is 130 cm³/mol. The van der Waals surface area contributed by atoms with Crippen molar-refractivity contribution in [3.63, 3.8) is 0 Å². The van der Waals surface area contributed by atoms with Crippen LogP contribution in [-0.4, -0.2) is 87.3 Å². The summed E-state index contributed by atoms with van der Waals surface area (Å²) in [6.07, 6.45) is 2.42. The fraction of sp³-hybridized carbons (Fsp3) is 0.500. The van der Waals surface area contributed by atoms with Gasteiger partial charge in [0.2, 0.25) is 5.95 Å². The highest BCUT2D eigenvalue weighted by Crippen LogP contribution is 2.30. The fourth-order valence-electron chi connectivity index (χ4n) is 4.42. The molecule has 5 heterocycles. The molecule has 0 amide bonds. The van der Waals surface area contributed by atoms with Crippen molar-refractivity contribution in [1.29, 1.82) is 0 Å². The van der Waals surface area contributed by atoms with E-state index < -0.39 is 12.3 Å². The van der Waals surface area contributed by atoms with E-state index in [0.717, 1.165) is 38.1 Å². The lowest BCUT2D eigenvalue weighted by atomic mass is 10.2. The Kier molecular flexibility index (Phi) is 6.53. The van der Waals surface area contributed by atoms with Gasteiger partial charge in [0.05, 0.1) is 18.3 Å². The van der Waals surface area contributed by atoms with Gasteiger partial charge in [0.25, 0.3) is 0 Å². The Bertz CT molecular complexity index is 1130. The summed E-state index contributed by atoms with van der Waals surface area (Å²) in [7, 11) is 2.15. The van der Waals surface area contributed by atoms with Crippen molar-refractivity contribution < 1.29 is 9.50 Å². The number of likely N-dealkylation sites (N-methyl/N-ethyl adjacent to an activating group) is 1. The lowest BCUT2D eigenvalue weighted by Gasteiger charge is -2.32. The zero-order chi connectivity index (χ0) is 23.7. The van der Waals surface area contributed by atoms with Gasteiger partial charge in [0, 0.05) is 57.0 Å². The highest BCUT2D eigenvalue weighted by Gasteiger charge is 2.26. The van der Waals surface area contributed by atoms with Crippen LogP contribution in [0.3, 0.4) is 0 Å². The molecule has 2 atom stereocenters. The zero-order valence-corrected chi connectivity index (χ0v) is 19.7.